The average Bonchev–Trinajstić information content (AvgIpc) is 2.69. The van der Waals surface area contributed by atoms with Crippen LogP contribution in [-0.2, 0) is 6.42 Å². The Morgan fingerprint density at radius 1 is 0.893 bits per heavy atom. The number of rotatable bonds is 8. The average molecular weight is 388 g/mol. The molecule has 1 aliphatic carbocycles. The van der Waals surface area contributed by atoms with Gasteiger partial charge in [-0.05, 0) is 61.1 Å². The lowest BCUT2D eigenvalue weighted by atomic mass is 9.87. The molecule has 0 saturated heterocycles. The van der Waals surface area contributed by atoms with Crippen molar-refractivity contribution in [3.63, 3.8) is 0 Å². The number of ether oxygens (including phenoxy) is 1. The Hall–Kier alpha value is -2.23. The molecule has 0 fully saturated rings. The van der Waals surface area contributed by atoms with Crippen LogP contribution in [0.15, 0.2) is 29.8 Å². The van der Waals surface area contributed by atoms with E-state index in [1.165, 1.54) is 56.6 Å². The highest BCUT2D eigenvalue weighted by molar-refractivity contribution is 5.71. The summed E-state index contributed by atoms with van der Waals surface area (Å²) in [7, 11) is 1.27. The molecule has 150 valence electrons. The van der Waals surface area contributed by atoms with Crippen molar-refractivity contribution < 1.29 is 17.9 Å². The second-order valence-electron chi connectivity index (χ2n) is 7.44. The van der Waals surface area contributed by atoms with Crippen LogP contribution in [0.3, 0.4) is 0 Å². The molecule has 2 aromatic carbocycles. The fourth-order valence-corrected chi connectivity index (χ4v) is 3.83. The van der Waals surface area contributed by atoms with Gasteiger partial charge in [0.15, 0.2) is 11.6 Å². The Balaban J connectivity index is 1.82. The molecular formula is C24H27F3O. The Labute approximate surface area is 165 Å². The predicted octanol–water partition coefficient (Wildman–Crippen LogP) is 7.47. The molecule has 0 unspecified atom stereocenters. The Morgan fingerprint density at radius 3 is 2.43 bits per heavy atom. The molecule has 1 nitrogen and oxygen atoms in total. The van der Waals surface area contributed by atoms with Gasteiger partial charge in [0.1, 0.15) is 5.82 Å². The number of allylic oxidation sites excluding steroid dienone is 1. The molecule has 28 heavy (non-hydrogen) atoms. The zero-order chi connectivity index (χ0) is 20.1. The van der Waals surface area contributed by atoms with Gasteiger partial charge in [0.2, 0.25) is 5.82 Å². The van der Waals surface area contributed by atoms with E-state index in [4.69, 9.17) is 4.74 Å². The quantitative estimate of drug-likeness (QED) is 0.426. The van der Waals surface area contributed by atoms with Crippen LogP contribution in [0.4, 0.5) is 13.2 Å². The molecule has 0 bridgehead atoms. The second-order valence-corrected chi connectivity index (χ2v) is 7.44. The lowest BCUT2D eigenvalue weighted by Gasteiger charge is -2.19. The van der Waals surface area contributed by atoms with E-state index < -0.39 is 17.5 Å². The van der Waals surface area contributed by atoms with Crippen molar-refractivity contribution in [2.75, 3.05) is 7.11 Å². The van der Waals surface area contributed by atoms with Crippen LogP contribution in [0, 0.1) is 17.5 Å². The minimum Gasteiger partial charge on any atom is -0.494 e. The first kappa shape index (κ1) is 20.5. The molecule has 0 N–H and O–H groups in total. The van der Waals surface area contributed by atoms with Crippen LogP contribution in [0.2, 0.25) is 0 Å². The van der Waals surface area contributed by atoms with Crippen molar-refractivity contribution in [1.82, 2.24) is 0 Å². The summed E-state index contributed by atoms with van der Waals surface area (Å²) in [6.07, 6.45) is 11.0. The minimum absolute atomic E-state index is 0.0794. The van der Waals surface area contributed by atoms with Gasteiger partial charge in [-0.25, -0.2) is 8.78 Å². The van der Waals surface area contributed by atoms with E-state index in [1.807, 2.05) is 0 Å². The van der Waals surface area contributed by atoms with Gasteiger partial charge in [-0.3, -0.25) is 0 Å². The van der Waals surface area contributed by atoms with Gasteiger partial charge in [0.05, 0.1) is 7.11 Å². The van der Waals surface area contributed by atoms with E-state index in [0.717, 1.165) is 36.8 Å². The van der Waals surface area contributed by atoms with E-state index >= 15 is 0 Å². The highest BCUT2D eigenvalue weighted by Crippen LogP contribution is 2.35. The molecule has 0 heterocycles. The van der Waals surface area contributed by atoms with E-state index in [0.29, 0.717) is 0 Å². The third-order valence-corrected chi connectivity index (χ3v) is 5.46. The number of aryl methyl sites for hydroxylation is 1. The summed E-state index contributed by atoms with van der Waals surface area (Å²) < 4.78 is 48.0. The van der Waals surface area contributed by atoms with Crippen LogP contribution in [0.25, 0.3) is 17.2 Å². The van der Waals surface area contributed by atoms with Gasteiger partial charge < -0.3 is 4.74 Å². The number of hydrogen-bond donors (Lipinski definition) is 0. The standard InChI is InChI=1S/C24H27F3O/c1-3-4-5-6-7-8-16-9-10-17-14-20(21(25)15-18(17)13-16)19-11-12-22(28-2)24(27)23(19)26/h11-15H,3-10H2,1-2H3. The second kappa shape index (κ2) is 9.31. The zero-order valence-corrected chi connectivity index (χ0v) is 16.6. The molecule has 0 aromatic heterocycles. The van der Waals surface area contributed by atoms with Gasteiger partial charge in [-0.2, -0.15) is 4.39 Å². The van der Waals surface area contributed by atoms with Crippen LogP contribution in [0.5, 0.6) is 5.75 Å². The third-order valence-electron chi connectivity index (χ3n) is 5.46. The summed E-state index contributed by atoms with van der Waals surface area (Å²) >= 11 is 0. The Kier molecular flexibility index (Phi) is 6.82. The Bertz CT molecular complexity index is 871. The largest absolute Gasteiger partial charge is 0.494 e. The molecule has 2 aromatic rings. The molecule has 0 spiro atoms. The molecule has 0 atom stereocenters. The number of fused-ring (bicyclic) bond motifs is 1. The van der Waals surface area contributed by atoms with Gasteiger partial charge >= 0.3 is 0 Å². The van der Waals surface area contributed by atoms with E-state index in [-0.39, 0.29) is 16.9 Å². The zero-order valence-electron chi connectivity index (χ0n) is 16.6. The van der Waals surface area contributed by atoms with E-state index in [9.17, 15) is 13.2 Å². The van der Waals surface area contributed by atoms with Crippen LogP contribution in [-0.4, -0.2) is 7.11 Å². The summed E-state index contributed by atoms with van der Waals surface area (Å²) in [6, 6.07) is 5.79. The van der Waals surface area contributed by atoms with Crippen molar-refractivity contribution in [2.45, 2.75) is 58.3 Å². The maximum Gasteiger partial charge on any atom is 0.201 e. The van der Waals surface area contributed by atoms with Gasteiger partial charge in [0.25, 0.3) is 0 Å². The lowest BCUT2D eigenvalue weighted by molar-refractivity contribution is 0.372. The Morgan fingerprint density at radius 2 is 1.68 bits per heavy atom. The molecule has 0 radical (unpaired) electrons. The van der Waals surface area contributed by atoms with Gasteiger partial charge in [0, 0.05) is 11.1 Å². The fourth-order valence-electron chi connectivity index (χ4n) is 3.83. The molecule has 0 aliphatic heterocycles. The monoisotopic (exact) mass is 388 g/mol. The predicted molar refractivity (Wildman–Crippen MR) is 108 cm³/mol. The van der Waals surface area contributed by atoms with E-state index in [2.05, 4.69) is 13.0 Å². The van der Waals surface area contributed by atoms with Crippen molar-refractivity contribution >= 4 is 6.08 Å². The van der Waals surface area contributed by atoms with Crippen molar-refractivity contribution in [2.24, 2.45) is 0 Å². The first-order valence-corrected chi connectivity index (χ1v) is 10.1. The molecule has 1 aliphatic rings. The summed E-state index contributed by atoms with van der Waals surface area (Å²) in [5.74, 6) is -2.91. The first-order chi connectivity index (χ1) is 13.5. The fraction of sp³-hybridized carbons (Fsp3) is 0.417. The smallest absolute Gasteiger partial charge is 0.201 e. The molecule has 0 amide bonds. The van der Waals surface area contributed by atoms with E-state index in [1.54, 1.807) is 6.07 Å². The van der Waals surface area contributed by atoms with Crippen molar-refractivity contribution in [3.8, 4) is 16.9 Å². The van der Waals surface area contributed by atoms with Crippen molar-refractivity contribution in [1.29, 1.82) is 0 Å². The summed E-state index contributed by atoms with van der Waals surface area (Å²) in [5, 5.41) is 0. The molecule has 3 rings (SSSR count). The number of benzene rings is 2. The molecular weight excluding hydrogens is 361 g/mol. The minimum atomic E-state index is -1.10. The SMILES string of the molecule is CCCCCCCC1=Cc2cc(F)c(-c3ccc(OC)c(F)c3F)cc2CC1. The van der Waals surface area contributed by atoms with Crippen molar-refractivity contribution in [3.05, 3.63) is 58.4 Å². The maximum absolute atomic E-state index is 14.7. The normalized spacial score (nSPS) is 13.2. The van der Waals surface area contributed by atoms with Crippen LogP contribution in [0.1, 0.15) is 63.0 Å². The maximum atomic E-state index is 14.7. The summed E-state index contributed by atoms with van der Waals surface area (Å²) in [5.41, 5.74) is 3.18. The highest BCUT2D eigenvalue weighted by Gasteiger charge is 2.20. The summed E-state index contributed by atoms with van der Waals surface area (Å²) in [6.45, 7) is 2.20. The van der Waals surface area contributed by atoms with Crippen LogP contribution >= 0.6 is 0 Å². The number of unbranched alkanes of at least 4 members (excludes halogenated alkanes) is 4. The number of hydrogen-bond acceptors (Lipinski definition) is 1. The summed E-state index contributed by atoms with van der Waals surface area (Å²) in [4.78, 5) is 0. The topological polar surface area (TPSA) is 9.23 Å². The number of methoxy groups -OCH3 is 1. The first-order valence-electron chi connectivity index (χ1n) is 10.1. The van der Waals surface area contributed by atoms with Crippen LogP contribution < -0.4 is 4.74 Å². The lowest BCUT2D eigenvalue weighted by Crippen LogP contribution is -2.03. The third kappa shape index (κ3) is 4.43. The molecule has 4 heteroatoms. The van der Waals surface area contributed by atoms with Gasteiger partial charge in [-0.15, -0.1) is 0 Å². The highest BCUT2D eigenvalue weighted by atomic mass is 19.2. The van der Waals surface area contributed by atoms with Gasteiger partial charge in [-0.1, -0.05) is 44.3 Å². The molecule has 0 saturated carbocycles. The number of halogens is 3.